The van der Waals surface area contributed by atoms with Gasteiger partial charge in [0.25, 0.3) is 0 Å². The van der Waals surface area contributed by atoms with Gasteiger partial charge in [-0.2, -0.15) is 0 Å². The van der Waals surface area contributed by atoms with Gasteiger partial charge >= 0.3 is 0 Å². The van der Waals surface area contributed by atoms with E-state index in [1.165, 1.54) is 0 Å². The molecule has 0 amide bonds. The maximum absolute atomic E-state index is 11.1. The number of carbonyl (C=O) groups is 1. The molecule has 0 aromatic heterocycles. The Labute approximate surface area is 131 Å². The molecule has 0 radical (unpaired) electrons. The van der Waals surface area contributed by atoms with Crippen molar-refractivity contribution >= 4 is 18.4 Å². The molecule has 22 heavy (non-hydrogen) atoms. The lowest BCUT2D eigenvalue weighted by molar-refractivity contribution is 0.112. The van der Waals surface area contributed by atoms with E-state index in [0.29, 0.717) is 17.4 Å². The van der Waals surface area contributed by atoms with Crippen LogP contribution in [0.15, 0.2) is 79.0 Å². The minimum Gasteiger partial charge on any atom is -0.298 e. The number of benzene rings is 1. The molecule has 3 rings (SSSR count). The zero-order chi connectivity index (χ0) is 15.2. The molecule has 0 unspecified atom stereocenters. The van der Waals surface area contributed by atoms with Gasteiger partial charge in [-0.25, -0.2) is 0 Å². The summed E-state index contributed by atoms with van der Waals surface area (Å²) in [6.45, 7) is 0. The standard InChI is InChI=1S/C21H18O/c22-16-21-14-19(11-9-17-5-1-2-6-17)13-20(15-21)12-10-18-7-3-4-8-18/h1-18H. The van der Waals surface area contributed by atoms with Crippen LogP contribution in [-0.2, 0) is 0 Å². The molecule has 2 aliphatic rings. The summed E-state index contributed by atoms with van der Waals surface area (Å²) in [5.41, 5.74) is 2.81. The molecule has 1 aromatic rings. The Bertz CT molecular complexity index is 646. The van der Waals surface area contributed by atoms with Crippen molar-refractivity contribution in [2.24, 2.45) is 11.8 Å². The molecule has 2 aliphatic carbocycles. The summed E-state index contributed by atoms with van der Waals surface area (Å²) < 4.78 is 0. The first kappa shape index (κ1) is 14.3. The third-order valence-corrected chi connectivity index (χ3v) is 3.71. The van der Waals surface area contributed by atoms with E-state index >= 15 is 0 Å². The summed E-state index contributed by atoms with van der Waals surface area (Å²) in [5.74, 6) is 0.709. The monoisotopic (exact) mass is 286 g/mol. The van der Waals surface area contributed by atoms with Gasteiger partial charge in [-0.05, 0) is 29.3 Å². The predicted molar refractivity (Wildman–Crippen MR) is 93.4 cm³/mol. The minimum atomic E-state index is 0.354. The normalized spacial score (nSPS) is 17.6. The van der Waals surface area contributed by atoms with Crippen LogP contribution in [0.1, 0.15) is 21.5 Å². The molecule has 0 aliphatic heterocycles. The predicted octanol–water partition coefficient (Wildman–Crippen LogP) is 5.01. The van der Waals surface area contributed by atoms with Crippen LogP contribution in [0.25, 0.3) is 12.2 Å². The fourth-order valence-corrected chi connectivity index (χ4v) is 2.56. The summed E-state index contributed by atoms with van der Waals surface area (Å²) in [6, 6.07) is 5.93. The van der Waals surface area contributed by atoms with Crippen LogP contribution in [0.2, 0.25) is 0 Å². The fraction of sp³-hybridized carbons (Fsp3) is 0.0952. The SMILES string of the molecule is O=Cc1cc(C=CC2C=CC=C2)cc(C=CC2C=CC=C2)c1. The fourth-order valence-electron chi connectivity index (χ4n) is 2.56. The Balaban J connectivity index is 1.80. The zero-order valence-electron chi connectivity index (χ0n) is 12.3. The van der Waals surface area contributed by atoms with Crippen molar-refractivity contribution in [1.82, 2.24) is 0 Å². The summed E-state index contributed by atoms with van der Waals surface area (Å²) in [7, 11) is 0. The molecule has 1 nitrogen and oxygen atoms in total. The van der Waals surface area contributed by atoms with E-state index in [1.54, 1.807) is 0 Å². The van der Waals surface area contributed by atoms with Gasteiger partial charge in [-0.15, -0.1) is 0 Å². The van der Waals surface area contributed by atoms with E-state index in [-0.39, 0.29) is 0 Å². The van der Waals surface area contributed by atoms with Crippen molar-refractivity contribution in [3.8, 4) is 0 Å². The molecule has 1 aromatic carbocycles. The molecular weight excluding hydrogens is 268 g/mol. The van der Waals surface area contributed by atoms with E-state index in [1.807, 2.05) is 36.4 Å². The highest BCUT2D eigenvalue weighted by atomic mass is 16.1. The molecule has 0 bridgehead atoms. The number of aldehydes is 1. The highest BCUT2D eigenvalue weighted by Gasteiger charge is 2.01. The molecule has 0 N–H and O–H groups in total. The Morgan fingerprint density at radius 2 is 1.05 bits per heavy atom. The van der Waals surface area contributed by atoms with Crippen molar-refractivity contribution in [2.45, 2.75) is 0 Å². The van der Waals surface area contributed by atoms with Crippen LogP contribution in [0.5, 0.6) is 0 Å². The molecule has 108 valence electrons. The number of hydrogen-bond donors (Lipinski definition) is 0. The Hall–Kier alpha value is -2.67. The molecule has 0 fully saturated rings. The summed E-state index contributed by atoms with van der Waals surface area (Å²) >= 11 is 0. The van der Waals surface area contributed by atoms with Crippen molar-refractivity contribution in [2.75, 3.05) is 0 Å². The van der Waals surface area contributed by atoms with Gasteiger partial charge in [0.05, 0.1) is 0 Å². The largest absolute Gasteiger partial charge is 0.298 e. The molecule has 1 heteroatoms. The van der Waals surface area contributed by atoms with Crippen molar-refractivity contribution < 1.29 is 4.79 Å². The van der Waals surface area contributed by atoms with Crippen LogP contribution >= 0.6 is 0 Å². The van der Waals surface area contributed by atoms with Gasteiger partial charge in [0.15, 0.2) is 0 Å². The lowest BCUT2D eigenvalue weighted by Gasteiger charge is -2.02. The average Bonchev–Trinajstić information content (AvgIpc) is 3.24. The molecule has 0 heterocycles. The quantitative estimate of drug-likeness (QED) is 0.695. The number of hydrogen-bond acceptors (Lipinski definition) is 1. The minimum absolute atomic E-state index is 0.354. The molecule has 0 spiro atoms. The van der Waals surface area contributed by atoms with Crippen molar-refractivity contribution in [3.63, 3.8) is 0 Å². The van der Waals surface area contributed by atoms with Crippen LogP contribution < -0.4 is 0 Å². The maximum atomic E-state index is 11.1. The first-order chi connectivity index (χ1) is 10.8. The Morgan fingerprint density at radius 1 is 0.636 bits per heavy atom. The van der Waals surface area contributed by atoms with Crippen LogP contribution in [0.3, 0.4) is 0 Å². The zero-order valence-corrected chi connectivity index (χ0v) is 12.3. The summed E-state index contributed by atoms with van der Waals surface area (Å²) in [5, 5.41) is 0. The molecule has 0 atom stereocenters. The first-order valence-corrected chi connectivity index (χ1v) is 7.50. The smallest absolute Gasteiger partial charge is 0.150 e. The van der Waals surface area contributed by atoms with E-state index in [4.69, 9.17) is 0 Å². The average molecular weight is 286 g/mol. The van der Waals surface area contributed by atoms with E-state index in [2.05, 4.69) is 54.7 Å². The lowest BCUT2D eigenvalue weighted by Crippen LogP contribution is -1.87. The van der Waals surface area contributed by atoms with Crippen LogP contribution in [0, 0.1) is 11.8 Å². The van der Waals surface area contributed by atoms with E-state index in [9.17, 15) is 4.79 Å². The van der Waals surface area contributed by atoms with Gasteiger partial charge in [-0.3, -0.25) is 4.79 Å². The lowest BCUT2D eigenvalue weighted by atomic mass is 10.0. The third-order valence-electron chi connectivity index (χ3n) is 3.71. The molecule has 0 saturated heterocycles. The number of carbonyl (C=O) groups excluding carboxylic acids is 1. The Morgan fingerprint density at radius 3 is 1.45 bits per heavy atom. The van der Waals surface area contributed by atoms with Crippen LogP contribution in [0.4, 0.5) is 0 Å². The second kappa shape index (κ2) is 6.86. The van der Waals surface area contributed by atoms with Gasteiger partial charge in [-0.1, -0.05) is 72.9 Å². The number of rotatable bonds is 5. The topological polar surface area (TPSA) is 17.1 Å². The molecular formula is C21H18O. The second-order valence-corrected chi connectivity index (χ2v) is 5.46. The van der Waals surface area contributed by atoms with Crippen LogP contribution in [-0.4, -0.2) is 6.29 Å². The van der Waals surface area contributed by atoms with Crippen molar-refractivity contribution in [1.29, 1.82) is 0 Å². The molecule has 0 saturated carbocycles. The van der Waals surface area contributed by atoms with E-state index in [0.717, 1.165) is 17.4 Å². The van der Waals surface area contributed by atoms with Gasteiger partial charge < -0.3 is 0 Å². The summed E-state index contributed by atoms with van der Waals surface area (Å²) in [6.07, 6.45) is 26.1. The number of allylic oxidation sites excluding steroid dienone is 10. The van der Waals surface area contributed by atoms with Crippen molar-refractivity contribution in [3.05, 3.63) is 95.6 Å². The van der Waals surface area contributed by atoms with Gasteiger partial charge in [0, 0.05) is 17.4 Å². The van der Waals surface area contributed by atoms with E-state index < -0.39 is 0 Å². The van der Waals surface area contributed by atoms with Gasteiger partial charge in [0.1, 0.15) is 6.29 Å². The highest BCUT2D eigenvalue weighted by molar-refractivity contribution is 5.78. The van der Waals surface area contributed by atoms with Gasteiger partial charge in [0.2, 0.25) is 0 Å². The highest BCUT2D eigenvalue weighted by Crippen LogP contribution is 2.18. The Kier molecular flexibility index (Phi) is 4.45. The second-order valence-electron chi connectivity index (χ2n) is 5.46. The maximum Gasteiger partial charge on any atom is 0.150 e. The third kappa shape index (κ3) is 3.70. The first-order valence-electron chi connectivity index (χ1n) is 7.50. The summed E-state index contributed by atoms with van der Waals surface area (Å²) in [4.78, 5) is 11.1.